The van der Waals surface area contributed by atoms with Crippen molar-refractivity contribution in [3.05, 3.63) is 29.8 Å². The molecule has 1 aromatic carbocycles. The van der Waals surface area contributed by atoms with E-state index in [1.165, 1.54) is 18.6 Å². The Morgan fingerprint density at radius 3 is 2.60 bits per heavy atom. The standard InChI is InChI=1S/C12H16N2S/c1-15-9-3-2-8-14-12-6-4-11(10-13)5-7-12/h4-7,14H,2-3,8-9H2,1H3. The molecule has 0 aliphatic carbocycles. The van der Waals surface area contributed by atoms with Crippen LogP contribution < -0.4 is 5.32 Å². The van der Waals surface area contributed by atoms with Gasteiger partial charge in [0.15, 0.2) is 0 Å². The van der Waals surface area contributed by atoms with Gasteiger partial charge >= 0.3 is 0 Å². The quantitative estimate of drug-likeness (QED) is 0.748. The minimum atomic E-state index is 0.711. The Kier molecular flexibility index (Phi) is 5.72. The highest BCUT2D eigenvalue weighted by atomic mass is 32.2. The van der Waals surface area contributed by atoms with Gasteiger partial charge in [-0.2, -0.15) is 17.0 Å². The van der Waals surface area contributed by atoms with Crippen LogP contribution in [0.4, 0.5) is 5.69 Å². The Morgan fingerprint density at radius 1 is 1.27 bits per heavy atom. The first-order valence-electron chi connectivity index (χ1n) is 5.10. The molecule has 1 aromatic rings. The average Bonchev–Trinajstić information content (AvgIpc) is 2.30. The van der Waals surface area contributed by atoms with Gasteiger partial charge in [0.05, 0.1) is 11.6 Å². The third-order valence-electron chi connectivity index (χ3n) is 2.12. The Morgan fingerprint density at radius 2 is 2.00 bits per heavy atom. The molecule has 0 spiro atoms. The molecule has 0 atom stereocenters. The van der Waals surface area contributed by atoms with E-state index in [1.54, 1.807) is 0 Å². The van der Waals surface area contributed by atoms with Crippen molar-refractivity contribution in [2.24, 2.45) is 0 Å². The molecule has 0 aromatic heterocycles. The van der Waals surface area contributed by atoms with E-state index in [1.807, 2.05) is 36.0 Å². The fourth-order valence-corrected chi connectivity index (χ4v) is 1.76. The first-order valence-corrected chi connectivity index (χ1v) is 6.49. The van der Waals surface area contributed by atoms with Gasteiger partial charge in [-0.05, 0) is 49.1 Å². The van der Waals surface area contributed by atoms with Crippen molar-refractivity contribution < 1.29 is 0 Å². The number of nitriles is 1. The van der Waals surface area contributed by atoms with Crippen molar-refractivity contribution in [1.82, 2.24) is 0 Å². The molecule has 80 valence electrons. The van der Waals surface area contributed by atoms with Crippen molar-refractivity contribution >= 4 is 17.4 Å². The molecule has 0 aliphatic rings. The molecule has 0 bridgehead atoms. The minimum Gasteiger partial charge on any atom is -0.385 e. The lowest BCUT2D eigenvalue weighted by atomic mass is 10.2. The summed E-state index contributed by atoms with van der Waals surface area (Å²) in [6.07, 6.45) is 4.58. The smallest absolute Gasteiger partial charge is 0.0991 e. The molecule has 0 radical (unpaired) electrons. The molecular formula is C12H16N2S. The zero-order valence-corrected chi connectivity index (χ0v) is 9.81. The van der Waals surface area contributed by atoms with E-state index in [0.29, 0.717) is 5.56 Å². The van der Waals surface area contributed by atoms with Crippen molar-refractivity contribution in [3.63, 3.8) is 0 Å². The van der Waals surface area contributed by atoms with Crippen LogP contribution in [0.15, 0.2) is 24.3 Å². The highest BCUT2D eigenvalue weighted by molar-refractivity contribution is 7.98. The maximum absolute atomic E-state index is 8.63. The van der Waals surface area contributed by atoms with Gasteiger partial charge in [0.25, 0.3) is 0 Å². The topological polar surface area (TPSA) is 35.8 Å². The molecule has 2 nitrogen and oxygen atoms in total. The lowest BCUT2D eigenvalue weighted by Gasteiger charge is -2.05. The maximum atomic E-state index is 8.63. The Labute approximate surface area is 95.7 Å². The zero-order valence-electron chi connectivity index (χ0n) is 8.99. The summed E-state index contributed by atoms with van der Waals surface area (Å²) in [4.78, 5) is 0. The number of hydrogen-bond acceptors (Lipinski definition) is 3. The number of rotatable bonds is 6. The first-order chi connectivity index (χ1) is 7.36. The van der Waals surface area contributed by atoms with Crippen molar-refractivity contribution in [1.29, 1.82) is 5.26 Å². The molecule has 0 unspecified atom stereocenters. The predicted molar refractivity (Wildman–Crippen MR) is 67.3 cm³/mol. The number of thioether (sulfide) groups is 1. The summed E-state index contributed by atoms with van der Waals surface area (Å²) in [5.74, 6) is 1.23. The summed E-state index contributed by atoms with van der Waals surface area (Å²) in [6.45, 7) is 1.01. The van der Waals surface area contributed by atoms with Crippen LogP contribution in [-0.2, 0) is 0 Å². The van der Waals surface area contributed by atoms with E-state index >= 15 is 0 Å². The zero-order chi connectivity index (χ0) is 10.9. The number of anilines is 1. The molecule has 3 heteroatoms. The third kappa shape index (κ3) is 4.75. The number of benzene rings is 1. The van der Waals surface area contributed by atoms with E-state index in [9.17, 15) is 0 Å². The molecule has 15 heavy (non-hydrogen) atoms. The second-order valence-corrected chi connectivity index (χ2v) is 4.30. The Bertz CT molecular complexity index is 313. The fraction of sp³-hybridized carbons (Fsp3) is 0.417. The van der Waals surface area contributed by atoms with Gasteiger partial charge in [0, 0.05) is 12.2 Å². The molecule has 0 saturated heterocycles. The maximum Gasteiger partial charge on any atom is 0.0991 e. The van der Waals surface area contributed by atoms with Crippen LogP contribution in [-0.4, -0.2) is 18.6 Å². The largest absolute Gasteiger partial charge is 0.385 e. The van der Waals surface area contributed by atoms with E-state index in [2.05, 4.69) is 17.6 Å². The summed E-state index contributed by atoms with van der Waals surface area (Å²) < 4.78 is 0. The van der Waals surface area contributed by atoms with Crippen molar-refractivity contribution in [3.8, 4) is 6.07 Å². The second kappa shape index (κ2) is 7.19. The van der Waals surface area contributed by atoms with Gasteiger partial charge in [-0.1, -0.05) is 0 Å². The fourth-order valence-electron chi connectivity index (χ4n) is 1.27. The molecule has 0 amide bonds. The van der Waals surface area contributed by atoms with E-state index < -0.39 is 0 Å². The predicted octanol–water partition coefficient (Wildman–Crippen LogP) is 3.11. The van der Waals surface area contributed by atoms with Gasteiger partial charge in [-0.15, -0.1) is 0 Å². The average molecular weight is 220 g/mol. The van der Waals surface area contributed by atoms with Crippen LogP contribution in [0.25, 0.3) is 0 Å². The van der Waals surface area contributed by atoms with Crippen LogP contribution in [0.2, 0.25) is 0 Å². The third-order valence-corrected chi connectivity index (χ3v) is 2.82. The molecule has 1 N–H and O–H groups in total. The summed E-state index contributed by atoms with van der Waals surface area (Å²) >= 11 is 1.89. The minimum absolute atomic E-state index is 0.711. The first kappa shape index (κ1) is 11.9. The highest BCUT2D eigenvalue weighted by Crippen LogP contribution is 2.09. The van der Waals surface area contributed by atoms with Crippen LogP contribution in [0, 0.1) is 11.3 Å². The molecule has 0 aliphatic heterocycles. The summed E-state index contributed by atoms with van der Waals surface area (Å²) in [7, 11) is 0. The summed E-state index contributed by atoms with van der Waals surface area (Å²) in [5.41, 5.74) is 1.81. The highest BCUT2D eigenvalue weighted by Gasteiger charge is 1.92. The number of nitrogens with zero attached hydrogens (tertiary/aromatic N) is 1. The van der Waals surface area contributed by atoms with Gasteiger partial charge in [0.2, 0.25) is 0 Å². The SMILES string of the molecule is CSCCCCNc1ccc(C#N)cc1. The van der Waals surface area contributed by atoms with E-state index in [0.717, 1.165) is 12.2 Å². The normalized spacial score (nSPS) is 9.60. The lowest BCUT2D eigenvalue weighted by molar-refractivity contribution is 0.843. The van der Waals surface area contributed by atoms with Crippen LogP contribution in [0.3, 0.4) is 0 Å². The molecule has 1 rings (SSSR count). The van der Waals surface area contributed by atoms with Gasteiger partial charge in [-0.25, -0.2) is 0 Å². The number of hydrogen-bond donors (Lipinski definition) is 1. The van der Waals surface area contributed by atoms with E-state index in [-0.39, 0.29) is 0 Å². The Balaban J connectivity index is 2.23. The van der Waals surface area contributed by atoms with Crippen LogP contribution >= 0.6 is 11.8 Å². The molecule has 0 saturated carbocycles. The van der Waals surface area contributed by atoms with E-state index in [4.69, 9.17) is 5.26 Å². The van der Waals surface area contributed by atoms with Crippen molar-refractivity contribution in [2.75, 3.05) is 23.9 Å². The van der Waals surface area contributed by atoms with Crippen molar-refractivity contribution in [2.45, 2.75) is 12.8 Å². The van der Waals surface area contributed by atoms with Gasteiger partial charge in [-0.3, -0.25) is 0 Å². The van der Waals surface area contributed by atoms with Crippen LogP contribution in [0.5, 0.6) is 0 Å². The van der Waals surface area contributed by atoms with Crippen LogP contribution in [0.1, 0.15) is 18.4 Å². The molecule has 0 fully saturated rings. The summed E-state index contributed by atoms with van der Waals surface area (Å²) in [6, 6.07) is 9.69. The van der Waals surface area contributed by atoms with Gasteiger partial charge < -0.3 is 5.32 Å². The monoisotopic (exact) mass is 220 g/mol. The lowest BCUT2D eigenvalue weighted by Crippen LogP contribution is -2.01. The number of unbranched alkanes of at least 4 members (excludes halogenated alkanes) is 1. The Hall–Kier alpha value is -1.14. The summed E-state index contributed by atoms with van der Waals surface area (Å²) in [5, 5.41) is 12.0. The second-order valence-electron chi connectivity index (χ2n) is 3.32. The molecule has 0 heterocycles. The number of nitrogens with one attached hydrogen (secondary N) is 1. The van der Waals surface area contributed by atoms with Gasteiger partial charge in [0.1, 0.15) is 0 Å². The molecular weight excluding hydrogens is 204 g/mol.